The first-order valence-corrected chi connectivity index (χ1v) is 10.3. The van der Waals surface area contributed by atoms with Crippen molar-refractivity contribution in [2.24, 2.45) is 0 Å². The molecule has 0 saturated carbocycles. The topological polar surface area (TPSA) is 43.8 Å². The Morgan fingerprint density at radius 2 is 1.79 bits per heavy atom. The molecular formula is C24H30N2O2. The van der Waals surface area contributed by atoms with Crippen molar-refractivity contribution >= 4 is 5.91 Å². The van der Waals surface area contributed by atoms with Crippen molar-refractivity contribution in [2.45, 2.75) is 51.3 Å². The molecule has 1 fully saturated rings. The molecule has 0 bridgehead atoms. The highest BCUT2D eigenvalue weighted by molar-refractivity contribution is 5.74. The van der Waals surface area contributed by atoms with Gasteiger partial charge < -0.3 is 10.0 Å². The first kappa shape index (κ1) is 19.2. The number of hydrogen-bond donors (Lipinski definition) is 1. The maximum atomic E-state index is 12.1. The molecule has 4 rings (SSSR count). The molecule has 1 amide bonds. The summed E-state index contributed by atoms with van der Waals surface area (Å²) in [6, 6.07) is 17.0. The number of rotatable bonds is 3. The second kappa shape index (κ2) is 7.69. The largest absolute Gasteiger partial charge is 0.389 e. The number of likely N-dealkylation sites (tertiary alicyclic amines) is 1. The molecule has 0 aromatic heterocycles. The Kier molecular flexibility index (Phi) is 5.26. The lowest BCUT2D eigenvalue weighted by Gasteiger charge is -2.48. The summed E-state index contributed by atoms with van der Waals surface area (Å²) in [5.74, 6) is 0.175. The van der Waals surface area contributed by atoms with Crippen LogP contribution in [0.3, 0.4) is 0 Å². The van der Waals surface area contributed by atoms with Gasteiger partial charge in [-0.05, 0) is 55.1 Å². The summed E-state index contributed by atoms with van der Waals surface area (Å²) in [4.78, 5) is 16.6. The van der Waals surface area contributed by atoms with E-state index in [9.17, 15) is 9.90 Å². The van der Waals surface area contributed by atoms with Crippen molar-refractivity contribution in [2.75, 3.05) is 19.6 Å². The fraction of sp³-hybridized carbons (Fsp3) is 0.458. The Hall–Kier alpha value is -2.17. The summed E-state index contributed by atoms with van der Waals surface area (Å²) in [6.45, 7) is 8.09. The Morgan fingerprint density at radius 1 is 1.11 bits per heavy atom. The van der Waals surface area contributed by atoms with E-state index >= 15 is 0 Å². The van der Waals surface area contributed by atoms with E-state index in [1.54, 1.807) is 13.8 Å². The zero-order valence-corrected chi connectivity index (χ0v) is 16.9. The van der Waals surface area contributed by atoms with Crippen molar-refractivity contribution in [3.05, 3.63) is 70.8 Å². The highest BCUT2D eigenvalue weighted by Gasteiger charge is 2.42. The van der Waals surface area contributed by atoms with Crippen molar-refractivity contribution in [1.29, 1.82) is 0 Å². The van der Waals surface area contributed by atoms with Gasteiger partial charge in [0.1, 0.15) is 0 Å². The first-order chi connectivity index (χ1) is 13.5. The SMILES string of the molecule is CC(=O)N1Cc2ccccc2C2(CCN(Cc3ccc(C(C)O)cc3)CC2)C1. The molecular weight excluding hydrogens is 348 g/mol. The average Bonchev–Trinajstić information content (AvgIpc) is 2.70. The number of nitrogens with zero attached hydrogens (tertiary/aromatic N) is 2. The Morgan fingerprint density at radius 3 is 2.43 bits per heavy atom. The molecule has 4 nitrogen and oxygen atoms in total. The fourth-order valence-electron chi connectivity index (χ4n) is 4.84. The smallest absolute Gasteiger partial charge is 0.219 e. The monoisotopic (exact) mass is 378 g/mol. The normalized spacial score (nSPS) is 20.0. The van der Waals surface area contributed by atoms with Gasteiger partial charge in [0.05, 0.1) is 6.10 Å². The van der Waals surface area contributed by atoms with Crippen LogP contribution in [0, 0.1) is 0 Å². The van der Waals surface area contributed by atoms with Gasteiger partial charge in [-0.2, -0.15) is 0 Å². The maximum Gasteiger partial charge on any atom is 0.219 e. The van der Waals surface area contributed by atoms with Crippen LogP contribution in [-0.4, -0.2) is 40.4 Å². The molecule has 2 aliphatic rings. The number of carbonyl (C=O) groups excluding carboxylic acids is 1. The van der Waals surface area contributed by atoms with E-state index in [2.05, 4.69) is 41.3 Å². The van der Waals surface area contributed by atoms with Crippen molar-refractivity contribution < 1.29 is 9.90 Å². The standard InChI is InChI=1S/C24H30N2O2/c1-18(27)21-9-7-20(8-10-21)15-25-13-11-24(12-14-25)17-26(19(2)28)16-22-5-3-4-6-23(22)24/h3-10,18,27H,11-17H2,1-2H3. The zero-order valence-electron chi connectivity index (χ0n) is 16.9. The third-order valence-electron chi connectivity index (χ3n) is 6.57. The van der Waals surface area contributed by atoms with Gasteiger partial charge >= 0.3 is 0 Å². The Balaban J connectivity index is 1.47. The minimum Gasteiger partial charge on any atom is -0.389 e. The lowest BCUT2D eigenvalue weighted by molar-refractivity contribution is -0.131. The molecule has 28 heavy (non-hydrogen) atoms. The van der Waals surface area contributed by atoms with Crippen LogP contribution in [-0.2, 0) is 23.3 Å². The van der Waals surface area contributed by atoms with E-state index in [0.29, 0.717) is 0 Å². The molecule has 1 N–H and O–H groups in total. The summed E-state index contributed by atoms with van der Waals surface area (Å²) < 4.78 is 0. The summed E-state index contributed by atoms with van der Waals surface area (Å²) in [6.07, 6.45) is 1.75. The second-order valence-corrected chi connectivity index (χ2v) is 8.51. The molecule has 0 aliphatic carbocycles. The number of fused-ring (bicyclic) bond motifs is 2. The number of amides is 1. The molecule has 2 aliphatic heterocycles. The molecule has 4 heteroatoms. The molecule has 1 unspecified atom stereocenters. The molecule has 2 heterocycles. The van der Waals surface area contributed by atoms with Crippen LogP contribution < -0.4 is 0 Å². The third-order valence-corrected chi connectivity index (χ3v) is 6.57. The number of hydrogen-bond acceptors (Lipinski definition) is 3. The van der Waals surface area contributed by atoms with E-state index in [4.69, 9.17) is 0 Å². The van der Waals surface area contributed by atoms with Gasteiger partial charge in [0, 0.05) is 32.0 Å². The van der Waals surface area contributed by atoms with Crippen LogP contribution >= 0.6 is 0 Å². The summed E-state index contributed by atoms with van der Waals surface area (Å²) in [5.41, 5.74) is 5.10. The summed E-state index contributed by atoms with van der Waals surface area (Å²) in [5, 5.41) is 9.68. The van der Waals surface area contributed by atoms with Crippen LogP contribution in [0.15, 0.2) is 48.5 Å². The summed E-state index contributed by atoms with van der Waals surface area (Å²) in [7, 11) is 0. The van der Waals surface area contributed by atoms with E-state index in [1.165, 1.54) is 16.7 Å². The van der Waals surface area contributed by atoms with Gasteiger partial charge in [0.2, 0.25) is 5.91 Å². The maximum absolute atomic E-state index is 12.1. The highest BCUT2D eigenvalue weighted by atomic mass is 16.3. The van der Waals surface area contributed by atoms with E-state index < -0.39 is 6.10 Å². The summed E-state index contributed by atoms with van der Waals surface area (Å²) >= 11 is 0. The van der Waals surface area contributed by atoms with Gasteiger partial charge in [-0.15, -0.1) is 0 Å². The van der Waals surface area contributed by atoms with Gasteiger partial charge in [-0.25, -0.2) is 0 Å². The number of piperidine rings is 1. The third kappa shape index (κ3) is 3.71. The van der Waals surface area contributed by atoms with Gasteiger partial charge in [0.25, 0.3) is 0 Å². The Bertz CT molecular complexity index is 836. The lowest BCUT2D eigenvalue weighted by atomic mass is 9.69. The van der Waals surface area contributed by atoms with Gasteiger partial charge in [0.15, 0.2) is 0 Å². The molecule has 2 aromatic carbocycles. The van der Waals surface area contributed by atoms with Crippen LogP contribution in [0.5, 0.6) is 0 Å². The van der Waals surface area contributed by atoms with E-state index in [1.807, 2.05) is 17.0 Å². The quantitative estimate of drug-likeness (QED) is 0.887. The number of carbonyl (C=O) groups is 1. The van der Waals surface area contributed by atoms with E-state index in [-0.39, 0.29) is 11.3 Å². The number of aliphatic hydroxyl groups is 1. The lowest BCUT2D eigenvalue weighted by Crippen LogP contribution is -2.52. The van der Waals surface area contributed by atoms with Crippen LogP contribution in [0.2, 0.25) is 0 Å². The molecule has 1 atom stereocenters. The predicted octanol–water partition coefficient (Wildman–Crippen LogP) is 3.64. The van der Waals surface area contributed by atoms with Crippen molar-refractivity contribution in [3.8, 4) is 0 Å². The molecule has 2 aromatic rings. The minimum atomic E-state index is -0.417. The number of aliphatic hydroxyl groups excluding tert-OH is 1. The van der Waals surface area contributed by atoms with E-state index in [0.717, 1.165) is 51.1 Å². The second-order valence-electron chi connectivity index (χ2n) is 8.51. The van der Waals surface area contributed by atoms with Gasteiger partial charge in [-0.3, -0.25) is 9.69 Å². The van der Waals surface area contributed by atoms with Crippen molar-refractivity contribution in [1.82, 2.24) is 9.80 Å². The predicted molar refractivity (Wildman–Crippen MR) is 111 cm³/mol. The zero-order chi connectivity index (χ0) is 19.7. The van der Waals surface area contributed by atoms with Crippen LogP contribution in [0.4, 0.5) is 0 Å². The molecule has 0 radical (unpaired) electrons. The highest BCUT2D eigenvalue weighted by Crippen LogP contribution is 2.42. The van der Waals surface area contributed by atoms with Crippen LogP contribution in [0.25, 0.3) is 0 Å². The Labute approximate surface area is 167 Å². The molecule has 148 valence electrons. The van der Waals surface area contributed by atoms with Crippen LogP contribution in [0.1, 0.15) is 55.0 Å². The van der Waals surface area contributed by atoms with Gasteiger partial charge in [-0.1, -0.05) is 48.5 Å². The minimum absolute atomic E-state index is 0.0905. The fourth-order valence-corrected chi connectivity index (χ4v) is 4.84. The first-order valence-electron chi connectivity index (χ1n) is 10.3. The molecule has 1 saturated heterocycles. The molecule has 1 spiro atoms. The average molecular weight is 379 g/mol. The number of benzene rings is 2. The van der Waals surface area contributed by atoms with Crippen molar-refractivity contribution in [3.63, 3.8) is 0 Å².